The van der Waals surface area contributed by atoms with Crippen molar-refractivity contribution >= 4 is 11.6 Å². The lowest BCUT2D eigenvalue weighted by atomic mass is 9.96. The zero-order chi connectivity index (χ0) is 16.3. The molecule has 1 aromatic carbocycles. The smallest absolute Gasteiger partial charge is 0.319 e. The fraction of sp³-hybridized carbons (Fsp3) is 0.231. The van der Waals surface area contributed by atoms with E-state index < -0.39 is 27.9 Å². The molecule has 1 atom stereocenters. The molecule has 0 radical (unpaired) electrons. The summed E-state index contributed by atoms with van der Waals surface area (Å²) >= 11 is 0. The number of nitro groups is 1. The molecule has 2 aromatic rings. The third-order valence-electron chi connectivity index (χ3n) is 3.10. The van der Waals surface area contributed by atoms with Crippen LogP contribution in [0.2, 0.25) is 0 Å². The lowest BCUT2D eigenvalue weighted by molar-refractivity contribution is -0.385. The highest BCUT2D eigenvalue weighted by atomic mass is 19.1. The van der Waals surface area contributed by atoms with Crippen LogP contribution in [-0.4, -0.2) is 32.7 Å². The second kappa shape index (κ2) is 5.90. The van der Waals surface area contributed by atoms with Gasteiger partial charge in [-0.1, -0.05) is 12.1 Å². The summed E-state index contributed by atoms with van der Waals surface area (Å²) < 4.78 is 12.9. The molecule has 2 rings (SSSR count). The van der Waals surface area contributed by atoms with Crippen LogP contribution in [0.4, 0.5) is 10.1 Å². The number of aromatic amines is 1. The number of rotatable bonds is 5. The molecule has 0 bridgehead atoms. The van der Waals surface area contributed by atoms with Gasteiger partial charge in [-0.05, 0) is 24.6 Å². The number of H-pyrrole nitrogens is 1. The number of carbonyl (C=O) groups excluding carboxylic acids is 1. The molecule has 0 spiro atoms. The first kappa shape index (κ1) is 15.6. The van der Waals surface area contributed by atoms with Gasteiger partial charge in [0, 0.05) is 0 Å². The first-order chi connectivity index (χ1) is 10.3. The Morgan fingerprint density at radius 2 is 2.14 bits per heavy atom. The molecule has 22 heavy (non-hydrogen) atoms. The molecule has 1 aromatic heterocycles. The van der Waals surface area contributed by atoms with Crippen LogP contribution in [0.15, 0.2) is 30.5 Å². The van der Waals surface area contributed by atoms with Crippen molar-refractivity contribution in [2.45, 2.75) is 12.5 Å². The largest absolute Gasteiger partial charge is 0.384 e. The number of aliphatic hydroxyl groups is 1. The number of carbonyl (C=O) groups is 1. The third kappa shape index (κ3) is 3.26. The Hall–Kier alpha value is -2.81. The molecule has 0 aliphatic carbocycles. The van der Waals surface area contributed by atoms with Crippen LogP contribution >= 0.6 is 0 Å². The Morgan fingerprint density at radius 3 is 2.73 bits per heavy atom. The first-order valence-corrected chi connectivity index (χ1v) is 6.25. The van der Waals surface area contributed by atoms with Crippen LogP contribution in [0.25, 0.3) is 0 Å². The molecule has 0 fully saturated rings. The van der Waals surface area contributed by atoms with E-state index in [0.29, 0.717) is 5.56 Å². The number of halogens is 1. The summed E-state index contributed by atoms with van der Waals surface area (Å²) in [6.07, 6.45) is 0.924. The van der Waals surface area contributed by atoms with Crippen molar-refractivity contribution in [2.24, 2.45) is 0 Å². The van der Waals surface area contributed by atoms with Gasteiger partial charge >= 0.3 is 5.69 Å². The van der Waals surface area contributed by atoms with Crippen molar-refractivity contribution in [1.82, 2.24) is 15.5 Å². The number of hydrogen-bond donors (Lipinski definition) is 3. The summed E-state index contributed by atoms with van der Waals surface area (Å²) in [4.78, 5) is 21.9. The molecule has 8 nitrogen and oxygen atoms in total. The van der Waals surface area contributed by atoms with Gasteiger partial charge in [-0.15, -0.1) is 0 Å². The molecule has 1 amide bonds. The SMILES string of the molecule is CC(O)(CNC(=O)c1[nH]ncc1[N+](=O)[O-])c1ccc(F)cc1. The standard InChI is InChI=1S/C13H13FN4O4/c1-13(20,8-2-4-9(14)5-3-8)7-15-12(19)11-10(18(21)22)6-16-17-11/h2-6,20H,7H2,1H3,(H,15,19)(H,16,17). The lowest BCUT2D eigenvalue weighted by Gasteiger charge is -2.24. The van der Waals surface area contributed by atoms with E-state index in [1.54, 1.807) is 0 Å². The highest BCUT2D eigenvalue weighted by Crippen LogP contribution is 2.20. The van der Waals surface area contributed by atoms with E-state index in [-0.39, 0.29) is 12.2 Å². The first-order valence-electron chi connectivity index (χ1n) is 6.25. The van der Waals surface area contributed by atoms with E-state index in [1.807, 2.05) is 0 Å². The van der Waals surface area contributed by atoms with Gasteiger partial charge in [0.2, 0.25) is 5.69 Å². The van der Waals surface area contributed by atoms with Gasteiger partial charge in [-0.3, -0.25) is 20.0 Å². The quantitative estimate of drug-likeness (QED) is 0.564. The average molecular weight is 308 g/mol. The Bertz CT molecular complexity index is 696. The third-order valence-corrected chi connectivity index (χ3v) is 3.10. The van der Waals surface area contributed by atoms with Crippen molar-refractivity contribution in [2.75, 3.05) is 6.54 Å². The lowest BCUT2D eigenvalue weighted by Crippen LogP contribution is -2.38. The second-order valence-corrected chi connectivity index (χ2v) is 4.85. The highest BCUT2D eigenvalue weighted by Gasteiger charge is 2.27. The van der Waals surface area contributed by atoms with Gasteiger partial charge in [0.1, 0.15) is 17.6 Å². The van der Waals surface area contributed by atoms with Crippen LogP contribution in [0.5, 0.6) is 0 Å². The van der Waals surface area contributed by atoms with Crippen LogP contribution in [0.3, 0.4) is 0 Å². The van der Waals surface area contributed by atoms with Gasteiger partial charge in [0.15, 0.2) is 0 Å². The van der Waals surface area contributed by atoms with Crippen molar-refractivity contribution < 1.29 is 19.2 Å². The predicted octanol–water partition coefficient (Wildman–Crippen LogP) is 1.09. The molecule has 3 N–H and O–H groups in total. The Labute approximate surface area is 124 Å². The number of nitrogens with zero attached hydrogens (tertiary/aromatic N) is 2. The summed E-state index contributed by atoms with van der Waals surface area (Å²) in [5.41, 5.74) is -1.83. The molecular weight excluding hydrogens is 295 g/mol. The van der Waals surface area contributed by atoms with Crippen LogP contribution in [-0.2, 0) is 5.60 Å². The number of nitrogens with one attached hydrogen (secondary N) is 2. The van der Waals surface area contributed by atoms with Gasteiger partial charge in [0.25, 0.3) is 5.91 Å². The van der Waals surface area contributed by atoms with Gasteiger partial charge in [-0.25, -0.2) is 4.39 Å². The molecule has 0 saturated carbocycles. The normalized spacial score (nSPS) is 13.4. The maximum Gasteiger partial charge on any atom is 0.319 e. The van der Waals surface area contributed by atoms with E-state index in [2.05, 4.69) is 15.5 Å². The summed E-state index contributed by atoms with van der Waals surface area (Å²) in [6, 6.07) is 5.15. The number of aromatic nitrogens is 2. The predicted molar refractivity (Wildman–Crippen MR) is 73.5 cm³/mol. The minimum Gasteiger partial charge on any atom is -0.384 e. The highest BCUT2D eigenvalue weighted by molar-refractivity contribution is 5.96. The van der Waals surface area contributed by atoms with Crippen LogP contribution in [0, 0.1) is 15.9 Å². The molecule has 1 unspecified atom stereocenters. The Kier molecular flexibility index (Phi) is 4.18. The van der Waals surface area contributed by atoms with Crippen LogP contribution < -0.4 is 5.32 Å². The zero-order valence-electron chi connectivity index (χ0n) is 11.5. The topological polar surface area (TPSA) is 121 Å². The monoisotopic (exact) mass is 308 g/mol. The van der Waals surface area contributed by atoms with Gasteiger partial charge in [0.05, 0.1) is 11.5 Å². The number of benzene rings is 1. The minimum atomic E-state index is -1.46. The van der Waals surface area contributed by atoms with Crippen molar-refractivity contribution in [3.63, 3.8) is 0 Å². The maximum absolute atomic E-state index is 12.9. The minimum absolute atomic E-state index is 0.215. The molecule has 9 heteroatoms. The van der Waals surface area contributed by atoms with E-state index in [1.165, 1.54) is 31.2 Å². The maximum atomic E-state index is 12.9. The van der Waals surface area contributed by atoms with Crippen molar-refractivity contribution in [3.8, 4) is 0 Å². The zero-order valence-corrected chi connectivity index (χ0v) is 11.5. The molecule has 0 aliphatic heterocycles. The number of amides is 1. The van der Waals surface area contributed by atoms with Gasteiger partial charge < -0.3 is 10.4 Å². The molecule has 0 aliphatic rings. The second-order valence-electron chi connectivity index (χ2n) is 4.85. The summed E-state index contributed by atoms with van der Waals surface area (Å²) in [5.74, 6) is -1.22. The number of hydrogen-bond acceptors (Lipinski definition) is 5. The van der Waals surface area contributed by atoms with Gasteiger partial charge in [-0.2, -0.15) is 5.10 Å². The summed E-state index contributed by atoms with van der Waals surface area (Å²) in [5, 5.41) is 29.1. The molecule has 0 saturated heterocycles. The fourth-order valence-electron chi connectivity index (χ4n) is 1.84. The van der Waals surface area contributed by atoms with Crippen molar-refractivity contribution in [3.05, 3.63) is 57.7 Å². The molecular formula is C13H13FN4O4. The average Bonchev–Trinajstić information content (AvgIpc) is 2.95. The molecule has 116 valence electrons. The summed E-state index contributed by atoms with van der Waals surface area (Å²) in [6.45, 7) is 1.22. The molecule has 1 heterocycles. The van der Waals surface area contributed by atoms with E-state index in [9.17, 15) is 24.4 Å². The van der Waals surface area contributed by atoms with E-state index in [4.69, 9.17) is 0 Å². The summed E-state index contributed by atoms with van der Waals surface area (Å²) in [7, 11) is 0. The Morgan fingerprint density at radius 1 is 1.50 bits per heavy atom. The Balaban J connectivity index is 2.08. The van der Waals surface area contributed by atoms with Crippen molar-refractivity contribution in [1.29, 1.82) is 0 Å². The van der Waals surface area contributed by atoms with Crippen LogP contribution in [0.1, 0.15) is 23.0 Å². The fourth-order valence-corrected chi connectivity index (χ4v) is 1.84. The van der Waals surface area contributed by atoms with E-state index >= 15 is 0 Å². The van der Waals surface area contributed by atoms with E-state index in [0.717, 1.165) is 6.20 Å².